The maximum atomic E-state index is 12.9. The number of anilines is 1. The molecule has 1 unspecified atom stereocenters. The molecule has 8 nitrogen and oxygen atoms in total. The first-order valence-corrected chi connectivity index (χ1v) is 8.91. The van der Waals surface area contributed by atoms with E-state index in [0.29, 0.717) is 10.7 Å². The molecule has 0 radical (unpaired) electrons. The Bertz CT molecular complexity index is 1040. The topological polar surface area (TPSA) is 110 Å². The number of nitrogens with zero attached hydrogens (tertiary/aromatic N) is 2. The quantitative estimate of drug-likeness (QED) is 0.321. The van der Waals surface area contributed by atoms with Crippen molar-refractivity contribution in [1.29, 1.82) is 0 Å². The van der Waals surface area contributed by atoms with Crippen molar-refractivity contribution in [3.63, 3.8) is 0 Å². The summed E-state index contributed by atoms with van der Waals surface area (Å²) in [6, 6.07) is 8.29. The van der Waals surface area contributed by atoms with Crippen molar-refractivity contribution in [2.45, 2.75) is 12.0 Å². The number of methoxy groups -OCH3 is 1. The Balaban J connectivity index is 2.01. The fourth-order valence-electron chi connectivity index (χ4n) is 3.34. The van der Waals surface area contributed by atoms with Gasteiger partial charge in [-0.15, -0.1) is 6.58 Å². The van der Waals surface area contributed by atoms with Crippen molar-refractivity contribution < 1.29 is 24.4 Å². The number of aliphatic hydroxyl groups is 1. The summed E-state index contributed by atoms with van der Waals surface area (Å²) in [6.45, 7) is 3.74. The molecule has 0 spiro atoms. The Labute approximate surface area is 171 Å². The summed E-state index contributed by atoms with van der Waals surface area (Å²) in [5.41, 5.74) is -1.93. The third-order valence-electron chi connectivity index (χ3n) is 4.72. The van der Waals surface area contributed by atoms with Gasteiger partial charge in [0.15, 0.2) is 17.1 Å². The smallest absolute Gasteiger partial charge is 0.311 e. The van der Waals surface area contributed by atoms with Gasteiger partial charge in [0, 0.05) is 28.8 Å². The van der Waals surface area contributed by atoms with Crippen molar-refractivity contribution >= 4 is 34.7 Å². The number of amides is 1. The van der Waals surface area contributed by atoms with Crippen LogP contribution in [0.5, 0.6) is 5.75 Å². The van der Waals surface area contributed by atoms with Crippen LogP contribution < -0.4 is 9.64 Å². The second-order valence-corrected chi connectivity index (χ2v) is 6.91. The maximum Gasteiger partial charge on any atom is 0.311 e. The molecule has 1 N–H and O–H groups in total. The number of ether oxygens (including phenoxy) is 1. The van der Waals surface area contributed by atoms with E-state index in [9.17, 15) is 24.8 Å². The number of rotatable bonds is 7. The van der Waals surface area contributed by atoms with Crippen LogP contribution in [0.25, 0.3) is 0 Å². The lowest BCUT2D eigenvalue weighted by Crippen LogP contribution is -2.41. The third kappa shape index (κ3) is 3.48. The molecule has 1 amide bonds. The molecule has 1 aliphatic rings. The van der Waals surface area contributed by atoms with E-state index in [1.54, 1.807) is 12.1 Å². The Morgan fingerprint density at radius 1 is 1.38 bits per heavy atom. The van der Waals surface area contributed by atoms with E-state index in [1.807, 2.05) is 0 Å². The van der Waals surface area contributed by atoms with Gasteiger partial charge in [0.1, 0.15) is 0 Å². The van der Waals surface area contributed by atoms with Crippen LogP contribution in [0.2, 0.25) is 5.02 Å². The first-order valence-electron chi connectivity index (χ1n) is 8.54. The van der Waals surface area contributed by atoms with Crippen molar-refractivity contribution in [1.82, 2.24) is 0 Å². The molecule has 0 bridgehead atoms. The Hall–Kier alpha value is -3.23. The predicted molar refractivity (Wildman–Crippen MR) is 106 cm³/mol. The summed E-state index contributed by atoms with van der Waals surface area (Å²) in [7, 11) is 1.28. The van der Waals surface area contributed by atoms with E-state index < -0.39 is 28.6 Å². The lowest BCUT2D eigenvalue weighted by molar-refractivity contribution is -0.385. The lowest BCUT2D eigenvalue weighted by atomic mass is 9.88. The Morgan fingerprint density at radius 2 is 2.10 bits per heavy atom. The summed E-state index contributed by atoms with van der Waals surface area (Å²) in [6.07, 6.45) is 0.896. The van der Waals surface area contributed by atoms with Gasteiger partial charge in [-0.05, 0) is 30.3 Å². The predicted octanol–water partition coefficient (Wildman–Crippen LogP) is 3.25. The molecule has 0 fully saturated rings. The van der Waals surface area contributed by atoms with Crippen LogP contribution in [0, 0.1) is 10.1 Å². The molecule has 2 aromatic carbocycles. The molecule has 1 aliphatic heterocycles. The van der Waals surface area contributed by atoms with Gasteiger partial charge in [-0.3, -0.25) is 19.7 Å². The van der Waals surface area contributed by atoms with Crippen molar-refractivity contribution in [3.05, 3.63) is 75.3 Å². The fourth-order valence-corrected chi connectivity index (χ4v) is 3.52. The number of carbonyl (C=O) groups is 2. The minimum Gasteiger partial charge on any atom is -0.490 e. The number of halogens is 1. The summed E-state index contributed by atoms with van der Waals surface area (Å²) in [4.78, 5) is 37.6. The van der Waals surface area contributed by atoms with Gasteiger partial charge >= 0.3 is 5.69 Å². The standard InChI is InChI=1S/C20H17ClN2O6/c1-3-8-22-15-6-5-13(21)10-14(15)20(26,19(22)25)11-17(24)12-4-7-18(29-2)16(9-12)23(27)28/h3-7,9-10,26H,1,8,11H2,2H3. The van der Waals surface area contributed by atoms with E-state index in [4.69, 9.17) is 16.3 Å². The number of ketones is 1. The zero-order valence-electron chi connectivity index (χ0n) is 15.4. The van der Waals surface area contributed by atoms with E-state index in [2.05, 4.69) is 6.58 Å². The van der Waals surface area contributed by atoms with Crippen LogP contribution in [0.15, 0.2) is 49.1 Å². The summed E-state index contributed by atoms with van der Waals surface area (Å²) >= 11 is 6.03. The molecule has 0 saturated carbocycles. The SMILES string of the molecule is C=CCN1C(=O)C(O)(CC(=O)c2ccc(OC)c([N+](=O)[O-])c2)c2cc(Cl)ccc21. The van der Waals surface area contributed by atoms with Crippen LogP contribution in [-0.4, -0.2) is 35.4 Å². The van der Waals surface area contributed by atoms with Crippen molar-refractivity contribution in [2.24, 2.45) is 0 Å². The zero-order chi connectivity index (χ0) is 21.3. The van der Waals surface area contributed by atoms with Crippen molar-refractivity contribution in [2.75, 3.05) is 18.6 Å². The second kappa shape index (κ2) is 7.65. The van der Waals surface area contributed by atoms with Gasteiger partial charge in [-0.2, -0.15) is 0 Å². The molecular formula is C20H17ClN2O6. The van der Waals surface area contributed by atoms with E-state index >= 15 is 0 Å². The molecule has 2 aromatic rings. The highest BCUT2D eigenvalue weighted by Gasteiger charge is 2.50. The molecule has 9 heteroatoms. The molecule has 0 aromatic heterocycles. The highest BCUT2D eigenvalue weighted by Crippen LogP contribution is 2.44. The van der Waals surface area contributed by atoms with E-state index in [1.165, 1.54) is 36.3 Å². The monoisotopic (exact) mass is 416 g/mol. The number of benzene rings is 2. The number of carbonyl (C=O) groups excluding carboxylic acids is 2. The molecule has 150 valence electrons. The molecule has 3 rings (SSSR count). The van der Waals surface area contributed by atoms with Crippen LogP contribution >= 0.6 is 11.6 Å². The molecule has 0 saturated heterocycles. The van der Waals surface area contributed by atoms with Gasteiger partial charge in [-0.25, -0.2) is 0 Å². The third-order valence-corrected chi connectivity index (χ3v) is 4.95. The number of hydrogen-bond acceptors (Lipinski definition) is 6. The number of Topliss-reactive ketones (excluding diaryl/α,β-unsaturated/α-hetero) is 1. The molecular weight excluding hydrogens is 400 g/mol. The number of nitro groups is 1. The van der Waals surface area contributed by atoms with Gasteiger partial charge in [-0.1, -0.05) is 17.7 Å². The molecule has 29 heavy (non-hydrogen) atoms. The minimum atomic E-state index is -2.14. The van der Waals surface area contributed by atoms with Gasteiger partial charge in [0.05, 0.1) is 24.1 Å². The molecule has 1 atom stereocenters. The minimum absolute atomic E-state index is 0.00325. The first kappa shape index (κ1) is 20.5. The number of nitro benzene ring substituents is 1. The summed E-state index contributed by atoms with van der Waals surface area (Å²) in [5.74, 6) is -1.33. The van der Waals surface area contributed by atoms with E-state index in [-0.39, 0.29) is 29.1 Å². The van der Waals surface area contributed by atoms with Gasteiger partial charge < -0.3 is 14.7 Å². The summed E-state index contributed by atoms with van der Waals surface area (Å²) < 4.78 is 4.93. The highest BCUT2D eigenvalue weighted by molar-refractivity contribution is 6.31. The number of fused-ring (bicyclic) bond motifs is 1. The average molecular weight is 417 g/mol. The summed E-state index contributed by atoms with van der Waals surface area (Å²) in [5, 5.41) is 22.7. The lowest BCUT2D eigenvalue weighted by Gasteiger charge is -2.22. The second-order valence-electron chi connectivity index (χ2n) is 6.47. The van der Waals surface area contributed by atoms with Crippen LogP contribution in [0.1, 0.15) is 22.3 Å². The average Bonchev–Trinajstić information content (AvgIpc) is 2.89. The fraction of sp³-hybridized carbons (Fsp3) is 0.200. The van der Waals surface area contributed by atoms with Crippen LogP contribution in [-0.2, 0) is 10.4 Å². The largest absolute Gasteiger partial charge is 0.490 e. The van der Waals surface area contributed by atoms with Crippen molar-refractivity contribution in [3.8, 4) is 5.75 Å². The first-order chi connectivity index (χ1) is 13.7. The Kier molecular flexibility index (Phi) is 5.41. The van der Waals surface area contributed by atoms with Crippen LogP contribution in [0.4, 0.5) is 11.4 Å². The Morgan fingerprint density at radius 3 is 2.72 bits per heavy atom. The zero-order valence-corrected chi connectivity index (χ0v) is 16.2. The van der Waals surface area contributed by atoms with Gasteiger partial charge in [0.25, 0.3) is 5.91 Å². The van der Waals surface area contributed by atoms with Crippen LogP contribution in [0.3, 0.4) is 0 Å². The molecule has 0 aliphatic carbocycles. The van der Waals surface area contributed by atoms with E-state index in [0.717, 1.165) is 6.07 Å². The van der Waals surface area contributed by atoms with Gasteiger partial charge in [0.2, 0.25) is 0 Å². The maximum absolute atomic E-state index is 12.9. The number of hydrogen-bond donors (Lipinski definition) is 1. The normalized spacial score (nSPS) is 17.8. The highest BCUT2D eigenvalue weighted by atomic mass is 35.5. The molecule has 1 heterocycles.